The van der Waals surface area contributed by atoms with E-state index >= 15 is 0 Å². The molecule has 1 aromatic heterocycles. The average Bonchev–Trinajstić information content (AvgIpc) is 3.05. The number of carbonyl (C=O) groups excluding carboxylic acids is 1. The molecule has 0 unspecified atom stereocenters. The van der Waals surface area contributed by atoms with Crippen LogP contribution in [0.4, 0.5) is 34.6 Å². The highest BCUT2D eigenvalue weighted by Crippen LogP contribution is 2.36. The van der Waals surface area contributed by atoms with Gasteiger partial charge in [-0.25, -0.2) is 0 Å². The van der Waals surface area contributed by atoms with Gasteiger partial charge in [0.15, 0.2) is 5.71 Å². The van der Waals surface area contributed by atoms with Crippen LogP contribution in [0.1, 0.15) is 15.9 Å². The highest BCUT2D eigenvalue weighted by molar-refractivity contribution is 7.91. The summed E-state index contributed by atoms with van der Waals surface area (Å²) in [6, 6.07) is 13.2. The molecule has 0 radical (unpaired) electrons. The molecule has 0 spiro atoms. The van der Waals surface area contributed by atoms with E-state index in [0.29, 0.717) is 17.5 Å². The van der Waals surface area contributed by atoms with Crippen LogP contribution in [0.25, 0.3) is 16.8 Å². The summed E-state index contributed by atoms with van der Waals surface area (Å²) in [7, 11) is -20.1. The molecule has 4 aromatic carbocycles. The number of halogens is 1. The first-order chi connectivity index (χ1) is 25.5. The average molecular weight is 853 g/mol. The van der Waals surface area contributed by atoms with Gasteiger partial charge in [-0.2, -0.15) is 53.7 Å². The maximum atomic E-state index is 14.1. The Labute approximate surface area is 315 Å². The van der Waals surface area contributed by atoms with Gasteiger partial charge in [-0.1, -0.05) is 30.3 Å². The fourth-order valence-electron chi connectivity index (χ4n) is 5.29. The molecule has 5 aromatic rings. The number of nitrogens with zero attached hydrogens (tertiary/aromatic N) is 4. The quantitative estimate of drug-likeness (QED) is 0.0567. The van der Waals surface area contributed by atoms with Gasteiger partial charge in [0.1, 0.15) is 14.7 Å². The zero-order valence-electron chi connectivity index (χ0n) is 26.8. The maximum Gasteiger partial charge on any atom is 0.297 e. The number of aromatic nitrogens is 3. The first-order valence-corrected chi connectivity index (χ1v) is 20.7. The van der Waals surface area contributed by atoms with Crippen molar-refractivity contribution in [2.45, 2.75) is 14.7 Å². The van der Waals surface area contributed by atoms with Gasteiger partial charge in [-0.05, 0) is 65.0 Å². The smallest absolute Gasteiger partial charge is 0.297 e. The number of allylic oxidation sites excluding steroid dienone is 1. The van der Waals surface area contributed by atoms with Crippen LogP contribution in [0.3, 0.4) is 0 Å². The zero-order chi connectivity index (χ0) is 40.2. The second-order valence-corrected chi connectivity index (χ2v) is 17.1. The Hall–Kier alpha value is -5.64. The Morgan fingerprint density at radius 1 is 0.709 bits per heavy atom. The molecule has 1 aliphatic rings. The fraction of sp³-hybridized carbons (Fsp3) is 0. The minimum atomic E-state index is -5.35. The van der Waals surface area contributed by atoms with Gasteiger partial charge in [-0.3, -0.25) is 28.4 Å². The number of hydrogen-bond donors (Lipinski definition) is 8. The molecule has 55 heavy (non-hydrogen) atoms. The first-order valence-electron chi connectivity index (χ1n) is 14.6. The van der Waals surface area contributed by atoms with E-state index in [2.05, 4.69) is 36.1 Å². The van der Waals surface area contributed by atoms with Crippen LogP contribution in [0.2, 0.25) is 5.28 Å². The predicted octanol–water partition coefficient (Wildman–Crippen LogP) is 3.38. The Balaban J connectivity index is 1.46. The van der Waals surface area contributed by atoms with Crippen molar-refractivity contribution < 1.29 is 56.7 Å². The number of benzene rings is 4. The predicted molar refractivity (Wildman–Crippen MR) is 197 cm³/mol. The Morgan fingerprint density at radius 2 is 1.38 bits per heavy atom. The number of nitrogens with two attached hydrogens (primary N) is 1. The molecular weight excluding hydrogens is 832 g/mol. The lowest BCUT2D eigenvalue weighted by molar-refractivity contribution is 0.106. The van der Waals surface area contributed by atoms with Gasteiger partial charge in [0, 0.05) is 11.1 Å². The Bertz CT molecular complexity index is 3020. The van der Waals surface area contributed by atoms with Crippen molar-refractivity contribution in [3.05, 3.63) is 88.0 Å². The van der Waals surface area contributed by atoms with Crippen molar-refractivity contribution in [3.63, 3.8) is 0 Å². The first kappa shape index (κ1) is 39.1. The summed E-state index contributed by atoms with van der Waals surface area (Å²) in [5, 5.41) is 8.86. The largest absolute Gasteiger partial charge is 0.398 e. The maximum absolute atomic E-state index is 14.1. The van der Waals surface area contributed by atoms with Crippen molar-refractivity contribution in [2.75, 3.05) is 21.8 Å². The van der Waals surface area contributed by atoms with Crippen LogP contribution < -0.4 is 21.8 Å². The Kier molecular flexibility index (Phi) is 9.87. The number of carbonyl (C=O) groups is 1. The molecule has 0 fully saturated rings. The van der Waals surface area contributed by atoms with E-state index in [1.54, 1.807) is 6.07 Å². The number of anilines is 6. The molecule has 0 saturated heterocycles. The molecule has 1 heterocycles. The number of rotatable bonds is 10. The van der Waals surface area contributed by atoms with Crippen molar-refractivity contribution in [2.24, 2.45) is 5.10 Å². The third kappa shape index (κ3) is 8.23. The van der Waals surface area contributed by atoms with E-state index in [1.807, 2.05) is 0 Å². The summed E-state index contributed by atoms with van der Waals surface area (Å²) in [6.45, 7) is 0. The van der Waals surface area contributed by atoms with E-state index in [9.17, 15) is 56.7 Å². The molecular formula is C29H21ClN8O13S4. The fourth-order valence-corrected chi connectivity index (χ4v) is 8.11. The molecule has 0 bridgehead atoms. The molecule has 1 aliphatic carbocycles. The molecule has 0 saturated carbocycles. The summed E-state index contributed by atoms with van der Waals surface area (Å²) < 4.78 is 137. The number of Topliss-reactive ketones (excluding diaryl/α,β-unsaturated/α-hetero) is 1. The Morgan fingerprint density at radius 3 is 2.00 bits per heavy atom. The lowest BCUT2D eigenvalue weighted by atomic mass is 9.93. The van der Waals surface area contributed by atoms with Gasteiger partial charge in [0.25, 0.3) is 40.5 Å². The highest BCUT2D eigenvalue weighted by Gasteiger charge is 2.36. The minimum Gasteiger partial charge on any atom is -0.398 e. The number of hydrogen-bond acceptors (Lipinski definition) is 17. The van der Waals surface area contributed by atoms with Gasteiger partial charge < -0.3 is 16.4 Å². The molecule has 0 amide bonds. The van der Waals surface area contributed by atoms with Gasteiger partial charge in [0.05, 0.1) is 27.5 Å². The van der Waals surface area contributed by atoms with E-state index in [4.69, 9.17) is 17.3 Å². The van der Waals surface area contributed by atoms with E-state index < -0.39 is 105 Å². The minimum absolute atomic E-state index is 0.0220. The van der Waals surface area contributed by atoms with Crippen LogP contribution in [0, 0.1) is 0 Å². The molecule has 9 N–H and O–H groups in total. The topological polar surface area (TPSA) is 348 Å². The van der Waals surface area contributed by atoms with Crippen molar-refractivity contribution in [1.29, 1.82) is 0 Å². The highest BCUT2D eigenvalue weighted by atomic mass is 35.5. The third-order valence-corrected chi connectivity index (χ3v) is 11.3. The van der Waals surface area contributed by atoms with Crippen LogP contribution in [-0.4, -0.2) is 78.3 Å². The van der Waals surface area contributed by atoms with Crippen LogP contribution >= 0.6 is 11.6 Å². The normalized spacial score (nSPS) is 14.4. The second-order valence-electron chi connectivity index (χ2n) is 11.2. The summed E-state index contributed by atoms with van der Waals surface area (Å²) in [5.41, 5.74) is 4.68. The molecule has 0 atom stereocenters. The van der Waals surface area contributed by atoms with Crippen molar-refractivity contribution in [3.8, 4) is 0 Å². The lowest BCUT2D eigenvalue weighted by Gasteiger charge is -2.21. The van der Waals surface area contributed by atoms with Crippen molar-refractivity contribution >= 4 is 115 Å². The number of hydrazone groups is 1. The summed E-state index contributed by atoms with van der Waals surface area (Å²) in [5.74, 6) is -2.15. The van der Waals surface area contributed by atoms with E-state index in [0.717, 1.165) is 24.3 Å². The number of fused-ring (bicyclic) bond motifs is 2. The van der Waals surface area contributed by atoms with Gasteiger partial charge >= 0.3 is 0 Å². The summed E-state index contributed by atoms with van der Waals surface area (Å²) >= 11 is 6.07. The lowest BCUT2D eigenvalue weighted by Crippen LogP contribution is -2.28. The number of nitrogens with one attached hydrogen (secondary N) is 3. The van der Waals surface area contributed by atoms with Gasteiger partial charge in [0.2, 0.25) is 23.0 Å². The second kappa shape index (κ2) is 13.9. The van der Waals surface area contributed by atoms with Crippen LogP contribution in [0.5, 0.6) is 0 Å². The number of ketones is 1. The zero-order valence-corrected chi connectivity index (χ0v) is 30.8. The number of nitrogen functional groups attached to an aromatic ring is 1. The van der Waals surface area contributed by atoms with E-state index in [-0.39, 0.29) is 22.7 Å². The SMILES string of the molecule is Nc1cc(Nc2nc(Cl)nc(Nc3cc(S(=O)(=O)O)cc4c3C(=O)/C(=N/Nc3ccc5ccccc5c3S(=O)(=O)O)C(S(=O)(=O)O)=C4)n2)ccc1S(=O)(=O)O. The van der Waals surface area contributed by atoms with Crippen LogP contribution in [-0.2, 0) is 40.5 Å². The molecule has 6 rings (SSSR count). The summed E-state index contributed by atoms with van der Waals surface area (Å²) in [4.78, 5) is 22.5. The monoisotopic (exact) mass is 852 g/mol. The molecule has 0 aliphatic heterocycles. The molecule has 26 heteroatoms. The molecule has 286 valence electrons. The summed E-state index contributed by atoms with van der Waals surface area (Å²) in [6.07, 6.45) is 0.643. The van der Waals surface area contributed by atoms with Crippen LogP contribution in [0.15, 0.2) is 91.4 Å². The van der Waals surface area contributed by atoms with Gasteiger partial charge in [-0.15, -0.1) is 0 Å². The van der Waals surface area contributed by atoms with Crippen molar-refractivity contribution in [1.82, 2.24) is 15.0 Å². The van der Waals surface area contributed by atoms with E-state index in [1.165, 1.54) is 30.3 Å². The third-order valence-electron chi connectivity index (χ3n) is 7.50. The molecule has 21 nitrogen and oxygen atoms in total. The standard InChI is InChI=1S/C29H21ClN8O13S4/c30-27-34-28(32-15-6-8-21(18(31)11-15)53(43,44)45)36-29(35-27)33-20-12-16(52(40,41)42)9-14-10-22(54(46,47)48)24(25(39)23(14)20)38-37-19-7-5-13-3-1-2-4-17(13)26(19)55(49,50)51/h1-12,37H,31H2,(H,40,41,42)(H,43,44,45)(H,46,47,48)(H,49,50,51)(H2,32,33,34,35,36)/b38-24+.